The van der Waals surface area contributed by atoms with Crippen molar-refractivity contribution in [3.8, 4) is 0 Å². The Kier molecular flexibility index (Phi) is 4.58. The van der Waals surface area contributed by atoms with Crippen LogP contribution in [0.3, 0.4) is 0 Å². The molecule has 4 fully saturated rings. The number of fused-ring (bicyclic) bond motifs is 4. The summed E-state index contributed by atoms with van der Waals surface area (Å²) in [6.45, 7) is 0. The third-order valence-electron chi connectivity index (χ3n) is 7.65. The normalized spacial score (nSPS) is 38.3. The molecule has 2 aromatic rings. The van der Waals surface area contributed by atoms with Gasteiger partial charge in [-0.3, -0.25) is 19.7 Å². The van der Waals surface area contributed by atoms with Gasteiger partial charge in [-0.25, -0.2) is 10.9 Å². The largest absolute Gasteiger partial charge is 0.328 e. The van der Waals surface area contributed by atoms with Crippen LogP contribution in [-0.2, 0) is 11.8 Å². The van der Waals surface area contributed by atoms with Crippen molar-refractivity contribution in [2.45, 2.75) is 62.3 Å². The van der Waals surface area contributed by atoms with Crippen molar-refractivity contribution >= 4 is 28.4 Å². The minimum atomic E-state index is -0.294. The van der Waals surface area contributed by atoms with Crippen LogP contribution in [0.15, 0.2) is 18.3 Å². The van der Waals surface area contributed by atoms with E-state index in [0.29, 0.717) is 17.1 Å². The molecule has 6 rings (SSSR count). The molecule has 166 valence electrons. The maximum Gasteiger partial charge on any atom is 0.232 e. The van der Waals surface area contributed by atoms with Crippen molar-refractivity contribution < 1.29 is 4.79 Å². The quantitative estimate of drug-likeness (QED) is 0.538. The lowest BCUT2D eigenvalue weighted by Crippen LogP contribution is -2.71. The third kappa shape index (κ3) is 2.95. The molecule has 31 heavy (non-hydrogen) atoms. The molecule has 5 unspecified atom stereocenters. The molecule has 10 heteroatoms. The topological polar surface area (TPSA) is 103 Å². The lowest BCUT2D eigenvalue weighted by Gasteiger charge is -2.50. The predicted octanol–water partition coefficient (Wildman–Crippen LogP) is 0.617. The predicted molar refractivity (Wildman–Crippen MR) is 118 cm³/mol. The van der Waals surface area contributed by atoms with Gasteiger partial charge in [-0.15, -0.1) is 0 Å². The summed E-state index contributed by atoms with van der Waals surface area (Å²) >= 11 is 6.77. The van der Waals surface area contributed by atoms with Crippen LogP contribution in [0.25, 0.3) is 10.9 Å². The number of piperidine rings is 1. The zero-order valence-electron chi connectivity index (χ0n) is 17.8. The molecule has 1 aromatic heterocycles. The number of nitrogens with zero attached hydrogens (tertiary/aromatic N) is 4. The molecule has 9 nitrogen and oxygen atoms in total. The van der Waals surface area contributed by atoms with Crippen molar-refractivity contribution in [2.75, 3.05) is 7.05 Å². The molecule has 5 N–H and O–H groups in total. The number of hydrogen-bond acceptors (Lipinski definition) is 7. The van der Waals surface area contributed by atoms with Gasteiger partial charge in [0.1, 0.15) is 6.29 Å². The lowest BCUT2D eigenvalue weighted by molar-refractivity contribution is -0.153. The maximum atomic E-state index is 13.6. The summed E-state index contributed by atoms with van der Waals surface area (Å²) in [6.07, 6.45) is 5.93. The molecular weight excluding hydrogens is 416 g/mol. The Morgan fingerprint density at radius 3 is 2.65 bits per heavy atom. The number of aryl methyl sites for hydroxylation is 1. The number of nitrogens with two attached hydrogens (primary N) is 1. The summed E-state index contributed by atoms with van der Waals surface area (Å²) < 4.78 is 1.76. The Morgan fingerprint density at radius 1 is 1.16 bits per heavy atom. The highest BCUT2D eigenvalue weighted by atomic mass is 35.5. The summed E-state index contributed by atoms with van der Waals surface area (Å²) in [6, 6.07) is 4.86. The second kappa shape index (κ2) is 7.13. The highest BCUT2D eigenvalue weighted by Crippen LogP contribution is 2.41. The molecule has 4 aliphatic heterocycles. The van der Waals surface area contributed by atoms with Crippen LogP contribution in [0.4, 0.5) is 0 Å². The lowest BCUT2D eigenvalue weighted by atomic mass is 9.89. The van der Waals surface area contributed by atoms with Gasteiger partial charge in [0.2, 0.25) is 5.91 Å². The number of halogens is 1. The molecule has 0 saturated carbocycles. The summed E-state index contributed by atoms with van der Waals surface area (Å²) in [5, 5.41) is 9.67. The summed E-state index contributed by atoms with van der Waals surface area (Å²) in [5.74, 6) is -0.176. The maximum absolute atomic E-state index is 13.6. The first-order chi connectivity index (χ1) is 14.9. The smallest absolute Gasteiger partial charge is 0.232 e. The summed E-state index contributed by atoms with van der Waals surface area (Å²) in [7, 11) is 3.79. The van der Waals surface area contributed by atoms with Gasteiger partial charge in [-0.1, -0.05) is 17.7 Å². The van der Waals surface area contributed by atoms with E-state index in [4.69, 9.17) is 17.3 Å². The number of nitrogens with one attached hydrogen (secondary N) is 3. The van der Waals surface area contributed by atoms with E-state index in [1.165, 1.54) is 0 Å². The highest BCUT2D eigenvalue weighted by Gasteiger charge is 2.53. The van der Waals surface area contributed by atoms with Gasteiger partial charge in [0.05, 0.1) is 28.7 Å². The van der Waals surface area contributed by atoms with Gasteiger partial charge in [0.25, 0.3) is 0 Å². The van der Waals surface area contributed by atoms with Crippen molar-refractivity contribution in [1.82, 2.24) is 35.7 Å². The second-order valence-corrected chi connectivity index (χ2v) is 9.91. The van der Waals surface area contributed by atoms with E-state index in [9.17, 15) is 4.79 Å². The van der Waals surface area contributed by atoms with Crippen LogP contribution in [0, 0.1) is 5.92 Å². The number of hydrogen-bond donors (Lipinski definition) is 4. The average molecular weight is 445 g/mol. The Bertz CT molecular complexity index is 1030. The Labute approximate surface area is 186 Å². The number of carbonyl (C=O) groups is 1. The van der Waals surface area contributed by atoms with E-state index in [2.05, 4.69) is 26.2 Å². The fraction of sp³-hybridized carbons (Fsp3) is 0.619. The van der Waals surface area contributed by atoms with Crippen LogP contribution >= 0.6 is 11.6 Å². The SMILES string of the molecule is CN1C(=O)C2C(NNC2c2ccc3nn(C)cc3c2Cl)NC1N1[C@@H]2CC[C@H]1CC(N)C2. The van der Waals surface area contributed by atoms with Gasteiger partial charge in [-0.05, 0) is 37.3 Å². The van der Waals surface area contributed by atoms with Crippen molar-refractivity contribution in [3.63, 3.8) is 0 Å². The third-order valence-corrected chi connectivity index (χ3v) is 8.07. The van der Waals surface area contributed by atoms with Crippen LogP contribution in [0.1, 0.15) is 37.3 Å². The molecule has 1 aromatic carbocycles. The van der Waals surface area contributed by atoms with Gasteiger partial charge >= 0.3 is 0 Å². The molecule has 0 radical (unpaired) electrons. The molecule has 4 aliphatic rings. The Balaban J connectivity index is 1.29. The average Bonchev–Trinajstić information content (AvgIpc) is 3.39. The Hall–Kier alpha value is -1.75. The van der Waals surface area contributed by atoms with Crippen LogP contribution in [0.5, 0.6) is 0 Å². The Morgan fingerprint density at radius 2 is 1.90 bits per heavy atom. The summed E-state index contributed by atoms with van der Waals surface area (Å²) in [5.41, 5.74) is 14.7. The van der Waals surface area contributed by atoms with E-state index in [1.54, 1.807) is 4.68 Å². The minimum Gasteiger partial charge on any atom is -0.328 e. The molecule has 1 amide bonds. The minimum absolute atomic E-state index is 0.118. The van der Waals surface area contributed by atoms with E-state index in [1.807, 2.05) is 37.3 Å². The number of amides is 1. The van der Waals surface area contributed by atoms with E-state index in [0.717, 1.165) is 42.1 Å². The van der Waals surface area contributed by atoms with Gasteiger partial charge in [0, 0.05) is 43.8 Å². The van der Waals surface area contributed by atoms with Crippen molar-refractivity contribution in [1.29, 1.82) is 0 Å². The van der Waals surface area contributed by atoms with Crippen LogP contribution in [-0.4, -0.2) is 63.1 Å². The fourth-order valence-electron chi connectivity index (χ4n) is 6.26. The number of hydrazine groups is 1. The second-order valence-electron chi connectivity index (χ2n) is 9.53. The van der Waals surface area contributed by atoms with Gasteiger partial charge in [0.15, 0.2) is 0 Å². The number of rotatable bonds is 2. The van der Waals surface area contributed by atoms with Crippen LogP contribution < -0.4 is 21.9 Å². The van der Waals surface area contributed by atoms with E-state index < -0.39 is 0 Å². The first-order valence-electron chi connectivity index (χ1n) is 11.1. The number of carbonyl (C=O) groups excluding carboxylic acids is 1. The molecule has 2 bridgehead atoms. The van der Waals surface area contributed by atoms with Crippen molar-refractivity contribution in [2.24, 2.45) is 18.7 Å². The molecule has 0 aliphatic carbocycles. The van der Waals surface area contributed by atoms with E-state index >= 15 is 0 Å². The van der Waals surface area contributed by atoms with Crippen LogP contribution in [0.2, 0.25) is 5.02 Å². The van der Waals surface area contributed by atoms with Gasteiger partial charge < -0.3 is 10.6 Å². The molecular formula is C21H29ClN8O. The zero-order valence-corrected chi connectivity index (χ0v) is 18.5. The first kappa shape index (κ1) is 19.9. The first-order valence-corrected chi connectivity index (χ1v) is 11.5. The molecule has 7 atom stereocenters. The number of benzene rings is 1. The molecule has 5 heterocycles. The molecule has 0 spiro atoms. The standard InChI is InChI=1S/C21H29ClN8O/c1-28-9-14-15(27-28)6-5-13(17(14)22)18-16-19(26-25-18)24-21(29(2)20(16)31)30-11-3-4-12(30)8-10(23)7-11/h5-6,9-12,16,18-19,21,24-26H,3-4,7-8,23H2,1-2H3/t10?,11-,12+,16?,18?,19?,21?. The fourth-order valence-corrected chi connectivity index (χ4v) is 6.58. The number of aromatic nitrogens is 2. The monoisotopic (exact) mass is 444 g/mol. The van der Waals surface area contributed by atoms with Crippen molar-refractivity contribution in [3.05, 3.63) is 28.9 Å². The zero-order chi connectivity index (χ0) is 21.4. The van der Waals surface area contributed by atoms with Gasteiger partial charge in [-0.2, -0.15) is 5.10 Å². The van der Waals surface area contributed by atoms with E-state index in [-0.39, 0.29) is 36.4 Å². The summed E-state index contributed by atoms with van der Waals surface area (Å²) in [4.78, 5) is 18.0. The highest BCUT2D eigenvalue weighted by molar-refractivity contribution is 6.36. The molecule has 4 saturated heterocycles.